The third-order valence-electron chi connectivity index (χ3n) is 4.56. The first-order valence-electron chi connectivity index (χ1n) is 8.42. The highest BCUT2D eigenvalue weighted by molar-refractivity contribution is 7.03. The molecule has 1 aliphatic rings. The maximum atomic E-state index is 6.48. The molecule has 6 heteroatoms. The van der Waals surface area contributed by atoms with Crippen LogP contribution in [0.1, 0.15) is 16.7 Å². The summed E-state index contributed by atoms with van der Waals surface area (Å²) >= 11 is 7.85. The molecule has 2 N–H and O–H groups in total. The van der Waals surface area contributed by atoms with Crippen LogP contribution in [0.25, 0.3) is 11.3 Å². The van der Waals surface area contributed by atoms with E-state index in [2.05, 4.69) is 50.6 Å². The summed E-state index contributed by atoms with van der Waals surface area (Å²) in [6.45, 7) is 2.78. The highest BCUT2D eigenvalue weighted by Crippen LogP contribution is 2.31. The minimum Gasteiger partial charge on any atom is -0.380 e. The van der Waals surface area contributed by atoms with Gasteiger partial charge < -0.3 is 10.6 Å². The molecule has 0 unspecified atom stereocenters. The number of aromatic nitrogens is 2. The van der Waals surface area contributed by atoms with Crippen LogP contribution >= 0.6 is 23.1 Å². The Morgan fingerprint density at radius 3 is 2.72 bits per heavy atom. The Labute approximate surface area is 156 Å². The summed E-state index contributed by atoms with van der Waals surface area (Å²) in [4.78, 5) is 0. The molecule has 128 valence electrons. The number of nitrogens with zero attached hydrogens (tertiary/aromatic N) is 2. The molecule has 0 fully saturated rings. The first-order chi connectivity index (χ1) is 12.3. The van der Waals surface area contributed by atoms with Crippen molar-refractivity contribution in [2.75, 3.05) is 18.4 Å². The summed E-state index contributed by atoms with van der Waals surface area (Å²) in [6.07, 6.45) is 2.06. The van der Waals surface area contributed by atoms with E-state index >= 15 is 0 Å². The Bertz CT molecular complexity index is 847. The summed E-state index contributed by atoms with van der Waals surface area (Å²) in [5, 5.41) is 13.9. The molecule has 4 rings (SSSR count). The van der Waals surface area contributed by atoms with Gasteiger partial charge in [-0.25, -0.2) is 0 Å². The molecule has 0 saturated carbocycles. The van der Waals surface area contributed by atoms with Crippen molar-refractivity contribution in [1.82, 2.24) is 14.9 Å². The number of benzene rings is 2. The molecular formula is C19H19ClN4S. The van der Waals surface area contributed by atoms with Crippen molar-refractivity contribution >= 4 is 28.8 Å². The molecule has 0 amide bonds. The van der Waals surface area contributed by atoms with Crippen LogP contribution in [0.4, 0.5) is 5.69 Å². The van der Waals surface area contributed by atoms with Crippen molar-refractivity contribution in [2.24, 2.45) is 0 Å². The van der Waals surface area contributed by atoms with Gasteiger partial charge in [-0.2, -0.15) is 0 Å². The third kappa shape index (κ3) is 3.68. The lowest BCUT2D eigenvalue weighted by atomic mass is 10.0. The summed E-state index contributed by atoms with van der Waals surface area (Å²) in [5.74, 6) is 0. The molecule has 2 heterocycles. The van der Waals surface area contributed by atoms with E-state index in [9.17, 15) is 0 Å². The second-order valence-electron chi connectivity index (χ2n) is 6.15. The second kappa shape index (κ2) is 7.52. The Morgan fingerprint density at radius 1 is 1.08 bits per heavy atom. The number of fused-ring (bicyclic) bond motifs is 1. The number of anilines is 1. The number of rotatable bonds is 4. The Balaban J connectivity index is 1.51. The quantitative estimate of drug-likeness (QED) is 0.724. The van der Waals surface area contributed by atoms with E-state index in [4.69, 9.17) is 11.6 Å². The first-order valence-corrected chi connectivity index (χ1v) is 9.64. The van der Waals surface area contributed by atoms with E-state index in [0.717, 1.165) is 54.4 Å². The summed E-state index contributed by atoms with van der Waals surface area (Å²) < 4.78 is 3.91. The number of hydrogen-bond donors (Lipinski definition) is 2. The molecule has 4 nitrogen and oxygen atoms in total. The Morgan fingerprint density at radius 2 is 1.92 bits per heavy atom. The zero-order valence-electron chi connectivity index (χ0n) is 13.8. The summed E-state index contributed by atoms with van der Waals surface area (Å²) in [5.41, 5.74) is 7.05. The average molecular weight is 371 g/mol. The van der Waals surface area contributed by atoms with Crippen molar-refractivity contribution in [1.29, 1.82) is 0 Å². The molecule has 2 aromatic carbocycles. The van der Waals surface area contributed by atoms with Crippen molar-refractivity contribution in [3.63, 3.8) is 0 Å². The van der Waals surface area contributed by atoms with Crippen LogP contribution in [-0.4, -0.2) is 22.7 Å². The van der Waals surface area contributed by atoms with Crippen LogP contribution < -0.4 is 10.6 Å². The SMILES string of the molecule is Clc1ccc2c(c1NCc1ccc(-c3csnn3)cc1)CCNCC2. The standard InChI is InChI=1S/C19H19ClN4S/c20-17-6-5-14-7-9-21-10-8-16(14)19(17)22-11-13-1-3-15(4-2-13)18-12-25-24-23-18/h1-6,12,21-22H,7-11H2. The fourth-order valence-electron chi connectivity index (χ4n) is 3.21. The van der Waals surface area contributed by atoms with Crippen LogP contribution in [0.3, 0.4) is 0 Å². The lowest BCUT2D eigenvalue weighted by Crippen LogP contribution is -2.16. The minimum absolute atomic E-state index is 0.749. The van der Waals surface area contributed by atoms with Gasteiger partial charge in [0.1, 0.15) is 5.69 Å². The van der Waals surface area contributed by atoms with E-state index in [1.54, 1.807) is 0 Å². The predicted octanol–water partition coefficient (Wildman–Crippen LogP) is 4.16. The van der Waals surface area contributed by atoms with E-state index in [0.29, 0.717) is 0 Å². The fourth-order valence-corrected chi connectivity index (χ4v) is 3.92. The Hall–Kier alpha value is -1.95. The van der Waals surface area contributed by atoms with Crippen LogP contribution in [-0.2, 0) is 19.4 Å². The van der Waals surface area contributed by atoms with Gasteiger partial charge in [0, 0.05) is 17.5 Å². The number of halogens is 1. The molecule has 1 aromatic heterocycles. The smallest absolute Gasteiger partial charge is 0.105 e. The van der Waals surface area contributed by atoms with Gasteiger partial charge >= 0.3 is 0 Å². The van der Waals surface area contributed by atoms with Crippen LogP contribution in [0.2, 0.25) is 5.02 Å². The molecule has 0 radical (unpaired) electrons. The zero-order valence-corrected chi connectivity index (χ0v) is 15.3. The van der Waals surface area contributed by atoms with Crippen molar-refractivity contribution in [3.05, 3.63) is 63.5 Å². The number of nitrogens with one attached hydrogen (secondary N) is 2. The number of hydrogen-bond acceptors (Lipinski definition) is 5. The third-order valence-corrected chi connectivity index (χ3v) is 5.38. The van der Waals surface area contributed by atoms with Gasteiger partial charge in [0.2, 0.25) is 0 Å². The molecule has 0 saturated heterocycles. The van der Waals surface area contributed by atoms with Crippen molar-refractivity contribution in [3.8, 4) is 11.3 Å². The molecule has 0 aliphatic carbocycles. The lowest BCUT2D eigenvalue weighted by molar-refractivity contribution is 0.711. The lowest BCUT2D eigenvalue weighted by Gasteiger charge is -2.16. The van der Waals surface area contributed by atoms with E-state index in [-0.39, 0.29) is 0 Å². The molecule has 0 bridgehead atoms. The van der Waals surface area contributed by atoms with Gasteiger partial charge in [-0.3, -0.25) is 0 Å². The van der Waals surface area contributed by atoms with E-state index in [1.807, 2.05) is 11.4 Å². The molecule has 0 spiro atoms. The highest BCUT2D eigenvalue weighted by Gasteiger charge is 2.14. The average Bonchev–Trinajstić information content (AvgIpc) is 3.07. The Kier molecular flexibility index (Phi) is 4.97. The van der Waals surface area contributed by atoms with Crippen molar-refractivity contribution < 1.29 is 0 Å². The van der Waals surface area contributed by atoms with Gasteiger partial charge in [0.25, 0.3) is 0 Å². The van der Waals surface area contributed by atoms with Crippen LogP contribution in [0.5, 0.6) is 0 Å². The van der Waals surface area contributed by atoms with Crippen LogP contribution in [0.15, 0.2) is 41.8 Å². The molecule has 1 aliphatic heterocycles. The molecule has 25 heavy (non-hydrogen) atoms. The van der Waals surface area contributed by atoms with Gasteiger partial charge in [-0.1, -0.05) is 46.4 Å². The maximum Gasteiger partial charge on any atom is 0.105 e. The normalized spacial score (nSPS) is 14.0. The van der Waals surface area contributed by atoms with E-state index < -0.39 is 0 Å². The van der Waals surface area contributed by atoms with E-state index in [1.165, 1.54) is 28.2 Å². The van der Waals surface area contributed by atoms with Crippen molar-refractivity contribution in [2.45, 2.75) is 19.4 Å². The summed E-state index contributed by atoms with van der Waals surface area (Å²) in [6, 6.07) is 12.6. The maximum absolute atomic E-state index is 6.48. The topological polar surface area (TPSA) is 49.8 Å². The molecular weight excluding hydrogens is 352 g/mol. The van der Waals surface area contributed by atoms with Gasteiger partial charge in [0.05, 0.1) is 10.7 Å². The molecule has 0 atom stereocenters. The largest absolute Gasteiger partial charge is 0.380 e. The van der Waals surface area contributed by atoms with Gasteiger partial charge in [-0.05, 0) is 60.2 Å². The first kappa shape index (κ1) is 16.5. The monoisotopic (exact) mass is 370 g/mol. The second-order valence-corrected chi connectivity index (χ2v) is 7.17. The zero-order chi connectivity index (χ0) is 17.1. The highest BCUT2D eigenvalue weighted by atomic mass is 35.5. The summed E-state index contributed by atoms with van der Waals surface area (Å²) in [7, 11) is 0. The predicted molar refractivity (Wildman–Crippen MR) is 104 cm³/mol. The fraction of sp³-hybridized carbons (Fsp3) is 0.263. The minimum atomic E-state index is 0.749. The molecule has 3 aromatic rings. The van der Waals surface area contributed by atoms with Crippen LogP contribution in [0, 0.1) is 0 Å². The van der Waals surface area contributed by atoms with Gasteiger partial charge in [0.15, 0.2) is 0 Å². The van der Waals surface area contributed by atoms with Gasteiger partial charge in [-0.15, -0.1) is 5.10 Å².